The molecule has 0 bridgehead atoms. The number of urea groups is 1. The third kappa shape index (κ3) is 4.08. The van der Waals surface area contributed by atoms with E-state index in [1.54, 1.807) is 31.8 Å². The van der Waals surface area contributed by atoms with Gasteiger partial charge in [-0.25, -0.2) is 4.79 Å². The molecule has 3 N–H and O–H groups in total. The minimum Gasteiger partial charge on any atom is -0.481 e. The monoisotopic (exact) mass is 254 g/mol. The van der Waals surface area contributed by atoms with Gasteiger partial charge in [-0.05, 0) is 5.92 Å². The van der Waals surface area contributed by atoms with E-state index in [1.807, 2.05) is 0 Å². The summed E-state index contributed by atoms with van der Waals surface area (Å²) in [6.07, 6.45) is 3.16. The van der Waals surface area contributed by atoms with Crippen LogP contribution in [0.5, 0.6) is 0 Å². The average Bonchev–Trinajstić information content (AvgIpc) is 2.62. The number of hydrogen-bond donors (Lipinski definition) is 3. The molecular formula is C11H18N4O3. The van der Waals surface area contributed by atoms with E-state index >= 15 is 0 Å². The number of aryl methyl sites for hydroxylation is 1. The van der Waals surface area contributed by atoms with Crippen molar-refractivity contribution in [3.63, 3.8) is 0 Å². The zero-order valence-corrected chi connectivity index (χ0v) is 10.7. The number of nitrogens with zero attached hydrogens (tertiary/aromatic N) is 2. The van der Waals surface area contributed by atoms with Gasteiger partial charge in [0.25, 0.3) is 0 Å². The third-order valence-corrected chi connectivity index (χ3v) is 2.57. The second kappa shape index (κ2) is 6.04. The van der Waals surface area contributed by atoms with Crippen LogP contribution < -0.4 is 10.6 Å². The molecule has 1 rings (SSSR count). The van der Waals surface area contributed by atoms with Crippen molar-refractivity contribution in [2.75, 3.05) is 11.9 Å². The molecule has 0 aromatic carbocycles. The van der Waals surface area contributed by atoms with Gasteiger partial charge in [0.15, 0.2) is 0 Å². The Balaban J connectivity index is 2.43. The Morgan fingerprint density at radius 2 is 2.17 bits per heavy atom. The zero-order valence-electron chi connectivity index (χ0n) is 10.7. The van der Waals surface area contributed by atoms with Gasteiger partial charge >= 0.3 is 12.0 Å². The van der Waals surface area contributed by atoms with E-state index in [1.165, 1.54) is 6.20 Å². The van der Waals surface area contributed by atoms with Gasteiger partial charge < -0.3 is 15.7 Å². The van der Waals surface area contributed by atoms with E-state index in [9.17, 15) is 9.59 Å². The lowest BCUT2D eigenvalue weighted by atomic mass is 9.96. The Labute approximate surface area is 105 Å². The van der Waals surface area contributed by atoms with E-state index in [0.29, 0.717) is 5.69 Å². The molecule has 0 spiro atoms. The second-order valence-corrected chi connectivity index (χ2v) is 4.43. The van der Waals surface area contributed by atoms with Gasteiger partial charge in [0.1, 0.15) is 0 Å². The van der Waals surface area contributed by atoms with E-state index in [-0.39, 0.29) is 12.5 Å². The third-order valence-electron chi connectivity index (χ3n) is 2.57. The summed E-state index contributed by atoms with van der Waals surface area (Å²) in [6.45, 7) is 3.71. The van der Waals surface area contributed by atoms with Crippen LogP contribution in [0.4, 0.5) is 10.5 Å². The number of anilines is 1. The van der Waals surface area contributed by atoms with Crippen LogP contribution in [0.25, 0.3) is 0 Å². The predicted molar refractivity (Wildman–Crippen MR) is 66.2 cm³/mol. The highest BCUT2D eigenvalue weighted by Gasteiger charge is 2.21. The van der Waals surface area contributed by atoms with Crippen LogP contribution in [0, 0.1) is 11.8 Å². The molecule has 7 nitrogen and oxygen atoms in total. The fourth-order valence-electron chi connectivity index (χ4n) is 1.47. The highest BCUT2D eigenvalue weighted by atomic mass is 16.4. The number of aromatic nitrogens is 2. The number of carbonyl (C=O) groups excluding carboxylic acids is 1. The molecule has 18 heavy (non-hydrogen) atoms. The lowest BCUT2D eigenvalue weighted by molar-refractivity contribution is -0.142. The van der Waals surface area contributed by atoms with Gasteiger partial charge in [0.2, 0.25) is 0 Å². The lowest BCUT2D eigenvalue weighted by Gasteiger charge is -2.16. The van der Waals surface area contributed by atoms with Crippen molar-refractivity contribution in [3.05, 3.63) is 12.4 Å². The molecule has 0 fully saturated rings. The number of amides is 2. The SMILES string of the molecule is CC(C)C(CNC(=O)Nc1cnn(C)c1)C(=O)O. The van der Waals surface area contributed by atoms with Crippen molar-refractivity contribution in [2.24, 2.45) is 18.9 Å². The number of carboxylic acids is 1. The maximum atomic E-state index is 11.5. The molecule has 0 radical (unpaired) electrons. The molecule has 7 heteroatoms. The Hall–Kier alpha value is -2.05. The Bertz CT molecular complexity index is 428. The Kier molecular flexibility index (Phi) is 4.70. The molecule has 1 atom stereocenters. The van der Waals surface area contributed by atoms with Crippen molar-refractivity contribution < 1.29 is 14.7 Å². The van der Waals surface area contributed by atoms with Crippen LogP contribution in [0.2, 0.25) is 0 Å². The van der Waals surface area contributed by atoms with Crippen molar-refractivity contribution in [3.8, 4) is 0 Å². The second-order valence-electron chi connectivity index (χ2n) is 4.43. The maximum Gasteiger partial charge on any atom is 0.319 e. The summed E-state index contributed by atoms with van der Waals surface area (Å²) in [6, 6.07) is -0.435. The Morgan fingerprint density at radius 1 is 1.50 bits per heavy atom. The first-order chi connectivity index (χ1) is 8.40. The Morgan fingerprint density at radius 3 is 2.61 bits per heavy atom. The van der Waals surface area contributed by atoms with E-state index in [4.69, 9.17) is 5.11 Å². The van der Waals surface area contributed by atoms with Gasteiger partial charge in [-0.1, -0.05) is 13.8 Å². The van der Waals surface area contributed by atoms with Crippen molar-refractivity contribution in [2.45, 2.75) is 13.8 Å². The minimum absolute atomic E-state index is 0.0406. The molecule has 0 aliphatic rings. The van der Waals surface area contributed by atoms with E-state index in [2.05, 4.69) is 15.7 Å². The molecule has 100 valence electrons. The van der Waals surface area contributed by atoms with Crippen LogP contribution >= 0.6 is 0 Å². The molecular weight excluding hydrogens is 236 g/mol. The molecule has 1 aromatic rings. The summed E-state index contributed by atoms with van der Waals surface area (Å²) in [4.78, 5) is 22.4. The lowest BCUT2D eigenvalue weighted by Crippen LogP contribution is -2.37. The number of carbonyl (C=O) groups is 2. The predicted octanol–water partition coefficient (Wildman–Crippen LogP) is 0.898. The smallest absolute Gasteiger partial charge is 0.319 e. The summed E-state index contributed by atoms with van der Waals surface area (Å²) in [5.41, 5.74) is 0.562. The van der Waals surface area contributed by atoms with Crippen molar-refractivity contribution >= 4 is 17.7 Å². The highest BCUT2D eigenvalue weighted by Crippen LogP contribution is 2.10. The summed E-state index contributed by atoms with van der Waals surface area (Å²) < 4.78 is 1.56. The number of carboxylic acid groups (broad SMARTS) is 1. The fraction of sp³-hybridized carbons (Fsp3) is 0.545. The van der Waals surface area contributed by atoms with E-state index in [0.717, 1.165) is 0 Å². The first-order valence-electron chi connectivity index (χ1n) is 5.66. The number of nitrogens with one attached hydrogen (secondary N) is 2. The molecule has 0 saturated heterocycles. The first-order valence-corrected chi connectivity index (χ1v) is 5.66. The quantitative estimate of drug-likeness (QED) is 0.727. The molecule has 0 aliphatic carbocycles. The molecule has 1 unspecified atom stereocenters. The highest BCUT2D eigenvalue weighted by molar-refractivity contribution is 5.89. The average molecular weight is 254 g/mol. The fourth-order valence-corrected chi connectivity index (χ4v) is 1.47. The van der Waals surface area contributed by atoms with Crippen LogP contribution in [-0.2, 0) is 11.8 Å². The largest absolute Gasteiger partial charge is 0.481 e. The van der Waals surface area contributed by atoms with E-state index < -0.39 is 17.9 Å². The standard InChI is InChI=1S/C11H18N4O3/c1-7(2)9(10(16)17)5-12-11(18)14-8-4-13-15(3)6-8/h4,6-7,9H,5H2,1-3H3,(H,16,17)(H2,12,14,18). The van der Waals surface area contributed by atoms with Crippen LogP contribution in [0.3, 0.4) is 0 Å². The summed E-state index contributed by atoms with van der Waals surface area (Å²) in [5, 5.41) is 18.0. The zero-order chi connectivity index (χ0) is 13.7. The van der Waals surface area contributed by atoms with Crippen LogP contribution in [0.15, 0.2) is 12.4 Å². The van der Waals surface area contributed by atoms with Gasteiger partial charge in [-0.3, -0.25) is 9.48 Å². The van der Waals surface area contributed by atoms with Gasteiger partial charge in [-0.2, -0.15) is 5.10 Å². The van der Waals surface area contributed by atoms with Crippen molar-refractivity contribution in [1.29, 1.82) is 0 Å². The maximum absolute atomic E-state index is 11.5. The van der Waals surface area contributed by atoms with Crippen LogP contribution in [0.1, 0.15) is 13.8 Å². The first kappa shape index (κ1) is 14.0. The van der Waals surface area contributed by atoms with Crippen molar-refractivity contribution in [1.82, 2.24) is 15.1 Å². The summed E-state index contributed by atoms with van der Waals surface area (Å²) in [5.74, 6) is -1.54. The molecule has 2 amide bonds. The topological polar surface area (TPSA) is 96.3 Å². The number of hydrogen-bond acceptors (Lipinski definition) is 3. The number of aliphatic carboxylic acids is 1. The van der Waals surface area contributed by atoms with Gasteiger partial charge in [-0.15, -0.1) is 0 Å². The molecule has 0 saturated carbocycles. The van der Waals surface area contributed by atoms with Gasteiger partial charge in [0, 0.05) is 19.8 Å². The number of rotatable bonds is 5. The summed E-state index contributed by atoms with van der Waals surface area (Å²) >= 11 is 0. The summed E-state index contributed by atoms with van der Waals surface area (Å²) in [7, 11) is 1.74. The molecule has 1 heterocycles. The van der Waals surface area contributed by atoms with Crippen LogP contribution in [-0.4, -0.2) is 33.4 Å². The molecule has 0 aliphatic heterocycles. The molecule has 1 aromatic heterocycles. The normalized spacial score (nSPS) is 12.2. The van der Waals surface area contributed by atoms with Gasteiger partial charge in [0.05, 0.1) is 17.8 Å². The minimum atomic E-state index is -0.910.